The van der Waals surface area contributed by atoms with Gasteiger partial charge in [-0.25, -0.2) is 0 Å². The molecule has 3 aromatic rings. The molecule has 0 spiro atoms. The zero-order valence-electron chi connectivity index (χ0n) is 14.1. The van der Waals surface area contributed by atoms with Crippen LogP contribution in [0.4, 0.5) is 0 Å². The molecule has 0 unspecified atom stereocenters. The summed E-state index contributed by atoms with van der Waals surface area (Å²) in [4.78, 5) is 4.63. The Bertz CT molecular complexity index is 857. The van der Waals surface area contributed by atoms with Gasteiger partial charge in [0.1, 0.15) is 0 Å². The van der Waals surface area contributed by atoms with E-state index in [9.17, 15) is 0 Å². The zero-order valence-corrected chi connectivity index (χ0v) is 14.1. The van der Waals surface area contributed by atoms with Gasteiger partial charge < -0.3 is 14.8 Å². The second kappa shape index (κ2) is 5.60. The van der Waals surface area contributed by atoms with E-state index in [-0.39, 0.29) is 0 Å². The van der Waals surface area contributed by atoms with Crippen molar-refractivity contribution in [3.8, 4) is 17.1 Å². The van der Waals surface area contributed by atoms with Crippen LogP contribution in [0.2, 0.25) is 0 Å². The van der Waals surface area contributed by atoms with Crippen LogP contribution in [0.15, 0.2) is 40.9 Å². The molecule has 0 bridgehead atoms. The van der Waals surface area contributed by atoms with Crippen LogP contribution < -0.4 is 5.73 Å². The Morgan fingerprint density at radius 3 is 2.54 bits per heavy atom. The first-order valence-electron chi connectivity index (χ1n) is 8.46. The van der Waals surface area contributed by atoms with Gasteiger partial charge >= 0.3 is 0 Å². The predicted octanol–water partition coefficient (Wildman–Crippen LogP) is 3.87. The summed E-state index contributed by atoms with van der Waals surface area (Å²) in [6, 6.07) is 12.4. The SMILES string of the molecule is Cc1cc(-c2nc(C3(N)CCCC3)no2)c(C)n1-c1ccccc1. The highest BCUT2D eigenvalue weighted by molar-refractivity contribution is 5.61. The molecule has 0 amide bonds. The molecule has 5 nitrogen and oxygen atoms in total. The minimum absolute atomic E-state index is 0.424. The second-order valence-electron chi connectivity index (χ2n) is 6.74. The fourth-order valence-corrected chi connectivity index (χ4v) is 3.72. The molecule has 4 rings (SSSR count). The van der Waals surface area contributed by atoms with E-state index in [2.05, 4.69) is 46.8 Å². The lowest BCUT2D eigenvalue weighted by atomic mass is 9.99. The van der Waals surface area contributed by atoms with E-state index >= 15 is 0 Å². The molecule has 2 heterocycles. The molecule has 0 atom stereocenters. The van der Waals surface area contributed by atoms with Gasteiger partial charge in [-0.1, -0.05) is 36.2 Å². The van der Waals surface area contributed by atoms with E-state index in [0.29, 0.717) is 11.7 Å². The highest BCUT2D eigenvalue weighted by atomic mass is 16.5. The van der Waals surface area contributed by atoms with E-state index in [1.54, 1.807) is 0 Å². The number of benzene rings is 1. The van der Waals surface area contributed by atoms with Crippen LogP contribution in [0.25, 0.3) is 17.1 Å². The number of hydrogen-bond donors (Lipinski definition) is 1. The van der Waals surface area contributed by atoms with Gasteiger partial charge in [-0.2, -0.15) is 4.98 Å². The van der Waals surface area contributed by atoms with E-state index in [1.165, 1.54) is 0 Å². The predicted molar refractivity (Wildman–Crippen MR) is 92.9 cm³/mol. The van der Waals surface area contributed by atoms with Gasteiger partial charge in [-0.15, -0.1) is 0 Å². The monoisotopic (exact) mass is 322 g/mol. The van der Waals surface area contributed by atoms with Crippen LogP contribution in [0.5, 0.6) is 0 Å². The summed E-state index contributed by atoms with van der Waals surface area (Å²) >= 11 is 0. The number of para-hydroxylation sites is 1. The number of aryl methyl sites for hydroxylation is 1. The molecule has 0 aliphatic heterocycles. The molecule has 124 valence electrons. The lowest BCUT2D eigenvalue weighted by molar-refractivity contribution is 0.372. The number of nitrogens with two attached hydrogens (primary N) is 1. The summed E-state index contributed by atoms with van der Waals surface area (Å²) in [7, 11) is 0. The van der Waals surface area contributed by atoms with Crippen molar-refractivity contribution >= 4 is 0 Å². The van der Waals surface area contributed by atoms with Crippen molar-refractivity contribution in [1.29, 1.82) is 0 Å². The van der Waals surface area contributed by atoms with E-state index in [4.69, 9.17) is 10.3 Å². The molecular formula is C19H22N4O. The zero-order chi connectivity index (χ0) is 16.7. The molecule has 1 aliphatic carbocycles. The number of rotatable bonds is 3. The Labute approximate surface area is 141 Å². The quantitative estimate of drug-likeness (QED) is 0.794. The molecule has 5 heteroatoms. The Kier molecular flexibility index (Phi) is 3.53. The molecule has 1 fully saturated rings. The second-order valence-corrected chi connectivity index (χ2v) is 6.74. The third-order valence-corrected chi connectivity index (χ3v) is 5.04. The number of hydrogen-bond acceptors (Lipinski definition) is 4. The van der Waals surface area contributed by atoms with Gasteiger partial charge in [0.25, 0.3) is 5.89 Å². The Hall–Kier alpha value is -2.40. The Morgan fingerprint density at radius 2 is 1.83 bits per heavy atom. The maximum Gasteiger partial charge on any atom is 0.259 e. The van der Waals surface area contributed by atoms with Gasteiger partial charge in [0, 0.05) is 17.1 Å². The lowest BCUT2D eigenvalue weighted by Crippen LogP contribution is -2.34. The van der Waals surface area contributed by atoms with Crippen molar-refractivity contribution in [2.24, 2.45) is 5.73 Å². The number of aromatic nitrogens is 3. The van der Waals surface area contributed by atoms with Crippen LogP contribution in [-0.4, -0.2) is 14.7 Å². The van der Waals surface area contributed by atoms with Gasteiger partial charge in [0.05, 0.1) is 11.1 Å². The summed E-state index contributed by atoms with van der Waals surface area (Å²) < 4.78 is 7.76. The van der Waals surface area contributed by atoms with Gasteiger partial charge in [-0.3, -0.25) is 0 Å². The van der Waals surface area contributed by atoms with Crippen LogP contribution in [-0.2, 0) is 5.54 Å². The van der Waals surface area contributed by atoms with Gasteiger partial charge in [-0.05, 0) is 44.9 Å². The average molecular weight is 322 g/mol. The first-order chi connectivity index (χ1) is 11.6. The minimum atomic E-state index is -0.424. The summed E-state index contributed by atoms with van der Waals surface area (Å²) in [5.74, 6) is 1.19. The van der Waals surface area contributed by atoms with E-state index in [1.807, 2.05) is 18.2 Å². The van der Waals surface area contributed by atoms with Crippen molar-refractivity contribution in [2.75, 3.05) is 0 Å². The average Bonchev–Trinajstić information content (AvgIpc) is 3.28. The highest BCUT2D eigenvalue weighted by Gasteiger charge is 2.36. The van der Waals surface area contributed by atoms with Crippen molar-refractivity contribution in [2.45, 2.75) is 45.1 Å². The minimum Gasteiger partial charge on any atom is -0.334 e. The topological polar surface area (TPSA) is 69.9 Å². The lowest BCUT2D eigenvalue weighted by Gasteiger charge is -2.17. The van der Waals surface area contributed by atoms with Crippen molar-refractivity contribution in [3.05, 3.63) is 53.6 Å². The van der Waals surface area contributed by atoms with Crippen LogP contribution in [0, 0.1) is 13.8 Å². The van der Waals surface area contributed by atoms with Crippen LogP contribution in [0.3, 0.4) is 0 Å². The number of nitrogens with zero attached hydrogens (tertiary/aromatic N) is 3. The summed E-state index contributed by atoms with van der Waals surface area (Å²) in [5, 5.41) is 4.18. The van der Waals surface area contributed by atoms with Crippen molar-refractivity contribution in [3.63, 3.8) is 0 Å². The normalized spacial score (nSPS) is 16.6. The molecular weight excluding hydrogens is 300 g/mol. The molecule has 0 saturated heterocycles. The molecule has 2 aromatic heterocycles. The highest BCUT2D eigenvalue weighted by Crippen LogP contribution is 2.36. The summed E-state index contributed by atoms with van der Waals surface area (Å²) in [6.07, 6.45) is 4.11. The first-order valence-corrected chi connectivity index (χ1v) is 8.46. The van der Waals surface area contributed by atoms with Crippen molar-refractivity contribution < 1.29 is 4.52 Å². The molecule has 1 aliphatic rings. The van der Waals surface area contributed by atoms with Gasteiger partial charge in [0.2, 0.25) is 0 Å². The largest absolute Gasteiger partial charge is 0.334 e. The molecule has 1 saturated carbocycles. The van der Waals surface area contributed by atoms with E-state index < -0.39 is 5.54 Å². The molecule has 2 N–H and O–H groups in total. The third-order valence-electron chi connectivity index (χ3n) is 5.04. The Morgan fingerprint density at radius 1 is 1.12 bits per heavy atom. The maximum atomic E-state index is 6.45. The maximum absolute atomic E-state index is 6.45. The standard InChI is InChI=1S/C19H22N4O/c1-13-12-16(14(2)23(13)15-8-4-3-5-9-15)17-21-18(22-24-17)19(20)10-6-7-11-19/h3-5,8-9,12H,6-7,10-11,20H2,1-2H3. The third kappa shape index (κ3) is 2.36. The molecule has 24 heavy (non-hydrogen) atoms. The summed E-state index contributed by atoms with van der Waals surface area (Å²) in [5.41, 5.74) is 10.3. The summed E-state index contributed by atoms with van der Waals surface area (Å²) in [6.45, 7) is 4.16. The molecule has 1 aromatic carbocycles. The Balaban J connectivity index is 1.75. The fraction of sp³-hybridized carbons (Fsp3) is 0.368. The smallest absolute Gasteiger partial charge is 0.259 e. The van der Waals surface area contributed by atoms with Crippen LogP contribution in [0.1, 0.15) is 42.9 Å². The van der Waals surface area contributed by atoms with Crippen LogP contribution >= 0.6 is 0 Å². The molecule has 0 radical (unpaired) electrons. The fourth-order valence-electron chi connectivity index (χ4n) is 3.72. The first kappa shape index (κ1) is 15.1. The van der Waals surface area contributed by atoms with Gasteiger partial charge in [0.15, 0.2) is 5.82 Å². The van der Waals surface area contributed by atoms with Crippen molar-refractivity contribution in [1.82, 2.24) is 14.7 Å². The van der Waals surface area contributed by atoms with E-state index in [0.717, 1.165) is 48.3 Å².